The molecule has 0 atom stereocenters. The first-order valence-corrected chi connectivity index (χ1v) is 9.79. The van der Waals surface area contributed by atoms with Crippen LogP contribution in [0.3, 0.4) is 0 Å². The SMILES string of the molecule is O=C(Cc1nc(-c2cccc(N3CCCC3=O)c2)cs1)N1CCOCC1. The summed E-state index contributed by atoms with van der Waals surface area (Å²) in [5.74, 6) is 0.280. The van der Waals surface area contributed by atoms with Crippen LogP contribution in [0.1, 0.15) is 17.8 Å². The van der Waals surface area contributed by atoms with E-state index in [1.54, 1.807) is 0 Å². The van der Waals surface area contributed by atoms with Crippen molar-refractivity contribution in [3.05, 3.63) is 34.7 Å². The van der Waals surface area contributed by atoms with E-state index in [0.29, 0.717) is 39.1 Å². The number of hydrogen-bond donors (Lipinski definition) is 0. The van der Waals surface area contributed by atoms with Crippen molar-refractivity contribution in [2.45, 2.75) is 19.3 Å². The largest absolute Gasteiger partial charge is 0.378 e. The third-order valence-electron chi connectivity index (χ3n) is 4.74. The van der Waals surface area contributed by atoms with Gasteiger partial charge in [0.05, 0.1) is 25.3 Å². The standard InChI is InChI=1S/C19H21N3O3S/c23-18-5-2-6-22(18)15-4-1-3-14(11-15)16-13-26-17(20-16)12-19(24)21-7-9-25-10-8-21/h1,3-4,11,13H,2,5-10,12H2. The molecule has 0 N–H and O–H groups in total. The number of hydrogen-bond acceptors (Lipinski definition) is 5. The van der Waals surface area contributed by atoms with Crippen LogP contribution in [0, 0.1) is 0 Å². The Morgan fingerprint density at radius 3 is 2.85 bits per heavy atom. The lowest BCUT2D eigenvalue weighted by Gasteiger charge is -2.26. The molecule has 0 unspecified atom stereocenters. The maximum Gasteiger partial charge on any atom is 0.229 e. The van der Waals surface area contributed by atoms with Crippen LogP contribution in [0.4, 0.5) is 5.69 Å². The van der Waals surface area contributed by atoms with Crippen molar-refractivity contribution < 1.29 is 14.3 Å². The number of carbonyl (C=O) groups is 2. The van der Waals surface area contributed by atoms with E-state index in [1.165, 1.54) is 11.3 Å². The minimum absolute atomic E-state index is 0.102. The van der Waals surface area contributed by atoms with Gasteiger partial charge >= 0.3 is 0 Å². The summed E-state index contributed by atoms with van der Waals surface area (Å²) in [7, 11) is 0. The second-order valence-corrected chi connectivity index (χ2v) is 7.44. The summed E-state index contributed by atoms with van der Waals surface area (Å²) in [6.07, 6.45) is 1.86. The number of thiazole rings is 1. The maximum atomic E-state index is 12.4. The number of benzene rings is 1. The first-order valence-electron chi connectivity index (χ1n) is 8.91. The van der Waals surface area contributed by atoms with Crippen LogP contribution in [0.15, 0.2) is 29.6 Å². The first-order chi connectivity index (χ1) is 12.7. The Labute approximate surface area is 156 Å². The quantitative estimate of drug-likeness (QED) is 0.828. The normalized spacial score (nSPS) is 17.8. The summed E-state index contributed by atoms with van der Waals surface area (Å²) in [5, 5.41) is 2.80. The summed E-state index contributed by atoms with van der Waals surface area (Å²) in [4.78, 5) is 32.6. The molecular formula is C19H21N3O3S. The number of rotatable bonds is 4. The summed E-state index contributed by atoms with van der Waals surface area (Å²) < 4.78 is 5.29. The van der Waals surface area contributed by atoms with Crippen molar-refractivity contribution in [1.29, 1.82) is 0 Å². The zero-order valence-corrected chi connectivity index (χ0v) is 15.3. The number of amides is 2. The van der Waals surface area contributed by atoms with Gasteiger partial charge in [-0.05, 0) is 18.6 Å². The van der Waals surface area contributed by atoms with Crippen molar-refractivity contribution in [3.8, 4) is 11.3 Å². The second kappa shape index (κ2) is 7.55. The van der Waals surface area contributed by atoms with E-state index >= 15 is 0 Å². The third kappa shape index (κ3) is 3.64. The highest BCUT2D eigenvalue weighted by molar-refractivity contribution is 7.10. The van der Waals surface area contributed by atoms with E-state index in [0.717, 1.165) is 34.9 Å². The number of ether oxygens (including phenoxy) is 1. The van der Waals surface area contributed by atoms with Gasteiger partial charge in [-0.1, -0.05) is 12.1 Å². The molecule has 0 bridgehead atoms. The van der Waals surface area contributed by atoms with Crippen molar-refractivity contribution in [2.24, 2.45) is 0 Å². The highest BCUT2D eigenvalue weighted by atomic mass is 32.1. The van der Waals surface area contributed by atoms with Crippen LogP contribution >= 0.6 is 11.3 Å². The molecule has 2 saturated heterocycles. The summed E-state index contributed by atoms with van der Waals surface area (Å²) >= 11 is 1.50. The molecule has 26 heavy (non-hydrogen) atoms. The highest BCUT2D eigenvalue weighted by Crippen LogP contribution is 2.28. The maximum absolute atomic E-state index is 12.4. The third-order valence-corrected chi connectivity index (χ3v) is 5.59. The van der Waals surface area contributed by atoms with Crippen LogP contribution in [-0.4, -0.2) is 54.5 Å². The molecule has 2 aromatic rings. The van der Waals surface area contributed by atoms with Crippen LogP contribution in [0.25, 0.3) is 11.3 Å². The fourth-order valence-corrected chi connectivity index (χ4v) is 4.13. The van der Waals surface area contributed by atoms with Crippen molar-refractivity contribution in [2.75, 3.05) is 37.7 Å². The predicted octanol–water partition coefficient (Wildman–Crippen LogP) is 2.34. The lowest BCUT2D eigenvalue weighted by molar-refractivity contribution is -0.134. The molecule has 3 heterocycles. The predicted molar refractivity (Wildman–Crippen MR) is 100 cm³/mol. The Bertz CT molecular complexity index is 814. The molecule has 0 spiro atoms. The Morgan fingerprint density at radius 1 is 1.23 bits per heavy atom. The summed E-state index contributed by atoms with van der Waals surface area (Å²) in [6, 6.07) is 7.91. The van der Waals surface area contributed by atoms with Gasteiger partial charge in [0.2, 0.25) is 11.8 Å². The smallest absolute Gasteiger partial charge is 0.229 e. The first kappa shape index (κ1) is 17.2. The highest BCUT2D eigenvalue weighted by Gasteiger charge is 2.22. The minimum Gasteiger partial charge on any atom is -0.378 e. The van der Waals surface area contributed by atoms with E-state index < -0.39 is 0 Å². The Balaban J connectivity index is 1.47. The number of anilines is 1. The van der Waals surface area contributed by atoms with Gasteiger partial charge in [-0.25, -0.2) is 4.98 Å². The zero-order valence-electron chi connectivity index (χ0n) is 14.5. The van der Waals surface area contributed by atoms with Gasteiger partial charge in [0.15, 0.2) is 0 Å². The molecule has 136 valence electrons. The molecular weight excluding hydrogens is 350 g/mol. The van der Waals surface area contributed by atoms with E-state index in [9.17, 15) is 9.59 Å². The van der Waals surface area contributed by atoms with E-state index in [1.807, 2.05) is 39.4 Å². The Morgan fingerprint density at radius 2 is 2.08 bits per heavy atom. The number of aromatic nitrogens is 1. The van der Waals surface area contributed by atoms with Gasteiger partial charge in [0, 0.05) is 42.7 Å². The summed E-state index contributed by atoms with van der Waals surface area (Å²) in [5.41, 5.74) is 2.75. The second-order valence-electron chi connectivity index (χ2n) is 6.50. The zero-order chi connectivity index (χ0) is 17.9. The van der Waals surface area contributed by atoms with Crippen LogP contribution in [-0.2, 0) is 20.7 Å². The van der Waals surface area contributed by atoms with Gasteiger partial charge in [-0.15, -0.1) is 11.3 Å². The lowest BCUT2D eigenvalue weighted by atomic mass is 10.1. The molecule has 1 aromatic carbocycles. The molecule has 1 aromatic heterocycles. The average molecular weight is 371 g/mol. The lowest BCUT2D eigenvalue weighted by Crippen LogP contribution is -2.41. The average Bonchev–Trinajstić information content (AvgIpc) is 3.31. The van der Waals surface area contributed by atoms with Gasteiger partial charge in [-0.2, -0.15) is 0 Å². The molecule has 2 aliphatic heterocycles. The molecule has 0 aliphatic carbocycles. The van der Waals surface area contributed by atoms with Crippen molar-refractivity contribution in [1.82, 2.24) is 9.88 Å². The molecule has 0 saturated carbocycles. The number of carbonyl (C=O) groups excluding carboxylic acids is 2. The molecule has 4 rings (SSSR count). The molecule has 2 aliphatic rings. The molecule has 0 radical (unpaired) electrons. The van der Waals surface area contributed by atoms with Gasteiger partial charge < -0.3 is 14.5 Å². The van der Waals surface area contributed by atoms with E-state index in [4.69, 9.17) is 4.74 Å². The van der Waals surface area contributed by atoms with Crippen molar-refractivity contribution >= 4 is 28.8 Å². The van der Waals surface area contributed by atoms with Gasteiger partial charge in [0.25, 0.3) is 0 Å². The molecule has 6 nitrogen and oxygen atoms in total. The molecule has 2 fully saturated rings. The monoisotopic (exact) mass is 371 g/mol. The topological polar surface area (TPSA) is 62.7 Å². The van der Waals surface area contributed by atoms with E-state index in [2.05, 4.69) is 4.98 Å². The minimum atomic E-state index is 0.102. The Hall–Kier alpha value is -2.25. The van der Waals surface area contributed by atoms with Crippen molar-refractivity contribution in [3.63, 3.8) is 0 Å². The van der Waals surface area contributed by atoms with Crippen LogP contribution in [0.2, 0.25) is 0 Å². The fraction of sp³-hybridized carbons (Fsp3) is 0.421. The van der Waals surface area contributed by atoms with Crippen LogP contribution in [0.5, 0.6) is 0 Å². The fourth-order valence-electron chi connectivity index (χ4n) is 3.33. The molecule has 2 amide bonds. The van der Waals surface area contributed by atoms with Gasteiger partial charge in [0.1, 0.15) is 5.01 Å². The van der Waals surface area contributed by atoms with Gasteiger partial charge in [-0.3, -0.25) is 9.59 Å². The summed E-state index contributed by atoms with van der Waals surface area (Å²) in [6.45, 7) is 3.30. The number of morpholine rings is 1. The molecule has 7 heteroatoms. The number of nitrogens with zero attached hydrogens (tertiary/aromatic N) is 3. The van der Waals surface area contributed by atoms with E-state index in [-0.39, 0.29) is 11.8 Å². The van der Waals surface area contributed by atoms with Crippen LogP contribution < -0.4 is 4.90 Å². The Kier molecular flexibility index (Phi) is 4.99.